The van der Waals surface area contributed by atoms with Crippen LogP contribution in [-0.2, 0) is 9.47 Å². The number of alkyl halides is 1. The third-order valence-electron chi connectivity index (χ3n) is 3.19. The van der Waals surface area contributed by atoms with E-state index in [1.54, 1.807) is 0 Å². The Morgan fingerprint density at radius 1 is 1.30 bits per heavy atom. The summed E-state index contributed by atoms with van der Waals surface area (Å²) in [6.07, 6.45) is 4.73. The quantitative estimate of drug-likeness (QED) is 0.534. The molecule has 0 aromatic carbocycles. The van der Waals surface area contributed by atoms with Gasteiger partial charge in [0.05, 0.1) is 12.1 Å². The molecule has 20 heavy (non-hydrogen) atoms. The molecule has 1 unspecified atom stereocenters. The Kier molecular flexibility index (Phi) is 6.79. The van der Waals surface area contributed by atoms with Crippen LogP contribution >= 0.6 is 15.9 Å². The summed E-state index contributed by atoms with van der Waals surface area (Å²) in [4.78, 5) is 11.6. The molecule has 0 radical (unpaired) electrons. The number of carbonyl (C=O) groups is 1. The number of nitrogens with one attached hydrogen (secondary N) is 1. The van der Waals surface area contributed by atoms with E-state index < -0.39 is 11.7 Å². The van der Waals surface area contributed by atoms with E-state index in [9.17, 15) is 4.79 Å². The van der Waals surface area contributed by atoms with Gasteiger partial charge in [-0.25, -0.2) is 4.79 Å². The van der Waals surface area contributed by atoms with Crippen LogP contribution in [0, 0.1) is 5.92 Å². The van der Waals surface area contributed by atoms with E-state index in [2.05, 4.69) is 21.2 Å². The van der Waals surface area contributed by atoms with Crippen LogP contribution in [0.1, 0.15) is 53.4 Å². The van der Waals surface area contributed by atoms with E-state index in [1.165, 1.54) is 19.3 Å². The van der Waals surface area contributed by atoms with Crippen molar-refractivity contribution in [3.05, 3.63) is 0 Å². The lowest BCUT2D eigenvalue weighted by Gasteiger charge is -2.29. The number of halogens is 1. The van der Waals surface area contributed by atoms with E-state index in [0.29, 0.717) is 11.9 Å². The maximum atomic E-state index is 11.6. The molecule has 5 heteroatoms. The van der Waals surface area contributed by atoms with Crippen LogP contribution in [0.25, 0.3) is 0 Å². The van der Waals surface area contributed by atoms with Crippen LogP contribution in [-0.4, -0.2) is 35.8 Å². The molecule has 1 aliphatic carbocycles. The molecular formula is C15H28BrNO3. The van der Waals surface area contributed by atoms with Crippen molar-refractivity contribution in [1.29, 1.82) is 0 Å². The zero-order valence-electron chi connectivity index (χ0n) is 13.1. The molecule has 1 amide bonds. The third kappa shape index (κ3) is 8.10. The Labute approximate surface area is 131 Å². The Morgan fingerprint density at radius 2 is 1.95 bits per heavy atom. The van der Waals surface area contributed by atoms with Crippen molar-refractivity contribution in [2.24, 2.45) is 5.92 Å². The number of rotatable bonds is 8. The first-order valence-electron chi connectivity index (χ1n) is 7.41. The zero-order chi connectivity index (χ0) is 15.2. The van der Waals surface area contributed by atoms with Crippen LogP contribution in [0.5, 0.6) is 0 Å². The minimum absolute atomic E-state index is 0.388. The van der Waals surface area contributed by atoms with Gasteiger partial charge in [-0.1, -0.05) is 28.8 Å². The van der Waals surface area contributed by atoms with Crippen molar-refractivity contribution >= 4 is 22.0 Å². The lowest BCUT2D eigenvalue weighted by Crippen LogP contribution is -2.45. The van der Waals surface area contributed by atoms with E-state index in [4.69, 9.17) is 9.47 Å². The fraction of sp³-hybridized carbons (Fsp3) is 0.933. The van der Waals surface area contributed by atoms with Crippen molar-refractivity contribution in [2.45, 2.75) is 64.6 Å². The Balaban J connectivity index is 2.22. The standard InChI is InChI=1S/C15H28BrNO3/c1-14(2,3)20-13(18)17-11-15(4,10-16)19-9-5-6-12-7-8-12/h12H,5-11H2,1-4H3,(H,17,18). The summed E-state index contributed by atoms with van der Waals surface area (Å²) in [6.45, 7) is 8.74. The average Bonchev–Trinajstić information content (AvgIpc) is 3.14. The molecule has 0 spiro atoms. The van der Waals surface area contributed by atoms with Gasteiger partial charge in [-0.05, 0) is 46.5 Å². The molecule has 0 bridgehead atoms. The topological polar surface area (TPSA) is 47.6 Å². The van der Waals surface area contributed by atoms with E-state index in [0.717, 1.165) is 18.9 Å². The van der Waals surface area contributed by atoms with Gasteiger partial charge in [-0.3, -0.25) is 0 Å². The van der Waals surface area contributed by atoms with Crippen LogP contribution < -0.4 is 5.32 Å². The van der Waals surface area contributed by atoms with Crippen molar-refractivity contribution < 1.29 is 14.3 Å². The van der Waals surface area contributed by atoms with Gasteiger partial charge < -0.3 is 14.8 Å². The SMILES string of the molecule is CC(C)(C)OC(=O)NCC(C)(CBr)OCCCC1CC1. The summed E-state index contributed by atoms with van der Waals surface area (Å²) in [5, 5.41) is 3.46. The molecular weight excluding hydrogens is 322 g/mol. The van der Waals surface area contributed by atoms with Crippen molar-refractivity contribution in [1.82, 2.24) is 5.32 Å². The molecule has 1 rings (SSSR count). The van der Waals surface area contributed by atoms with Gasteiger partial charge in [0.2, 0.25) is 0 Å². The maximum absolute atomic E-state index is 11.6. The molecule has 1 atom stereocenters. The molecule has 0 aromatic rings. The van der Waals surface area contributed by atoms with E-state index >= 15 is 0 Å². The highest BCUT2D eigenvalue weighted by Crippen LogP contribution is 2.33. The fourth-order valence-electron chi connectivity index (χ4n) is 1.81. The zero-order valence-corrected chi connectivity index (χ0v) is 14.7. The smallest absolute Gasteiger partial charge is 0.407 e. The number of amides is 1. The van der Waals surface area contributed by atoms with Gasteiger partial charge >= 0.3 is 6.09 Å². The lowest BCUT2D eigenvalue weighted by atomic mass is 10.1. The molecule has 1 aliphatic rings. The van der Waals surface area contributed by atoms with Crippen molar-refractivity contribution in [3.63, 3.8) is 0 Å². The van der Waals surface area contributed by atoms with E-state index in [-0.39, 0.29) is 5.60 Å². The van der Waals surface area contributed by atoms with Gasteiger partial charge in [0.1, 0.15) is 5.60 Å². The first kappa shape index (κ1) is 17.8. The number of ether oxygens (including phenoxy) is 2. The first-order chi connectivity index (χ1) is 9.24. The Hall–Kier alpha value is -0.290. The number of alkyl carbamates (subject to hydrolysis) is 1. The summed E-state index contributed by atoms with van der Waals surface area (Å²) in [5.41, 5.74) is -0.861. The average molecular weight is 350 g/mol. The highest BCUT2D eigenvalue weighted by atomic mass is 79.9. The second-order valence-corrected chi connectivity index (χ2v) is 7.43. The monoisotopic (exact) mass is 349 g/mol. The summed E-state index contributed by atoms with van der Waals surface area (Å²) in [5.74, 6) is 0.939. The first-order valence-corrected chi connectivity index (χ1v) is 8.53. The van der Waals surface area contributed by atoms with Crippen LogP contribution in [0.3, 0.4) is 0 Å². The summed E-state index contributed by atoms with van der Waals surface area (Å²) < 4.78 is 11.1. The van der Waals surface area contributed by atoms with Crippen molar-refractivity contribution in [3.8, 4) is 0 Å². The van der Waals surface area contributed by atoms with Crippen LogP contribution in [0.4, 0.5) is 4.79 Å². The summed E-state index contributed by atoms with van der Waals surface area (Å²) >= 11 is 3.46. The van der Waals surface area contributed by atoms with Crippen LogP contribution in [0.2, 0.25) is 0 Å². The normalized spacial score (nSPS) is 18.4. The Morgan fingerprint density at radius 3 is 2.45 bits per heavy atom. The Bertz CT molecular complexity index is 313. The molecule has 1 N–H and O–H groups in total. The van der Waals surface area contributed by atoms with Gasteiger partial charge in [-0.15, -0.1) is 0 Å². The van der Waals surface area contributed by atoms with Gasteiger partial charge in [-0.2, -0.15) is 0 Å². The van der Waals surface area contributed by atoms with Gasteiger partial charge in [0.15, 0.2) is 0 Å². The molecule has 0 heterocycles. The maximum Gasteiger partial charge on any atom is 0.407 e. The molecule has 0 saturated heterocycles. The number of hydrogen-bond acceptors (Lipinski definition) is 3. The highest BCUT2D eigenvalue weighted by Gasteiger charge is 2.27. The van der Waals surface area contributed by atoms with E-state index in [1.807, 2.05) is 27.7 Å². The predicted octanol–water partition coefficient (Wildman–Crippen LogP) is 3.87. The highest BCUT2D eigenvalue weighted by molar-refractivity contribution is 9.09. The minimum atomic E-state index is -0.472. The molecule has 118 valence electrons. The molecule has 0 aromatic heterocycles. The minimum Gasteiger partial charge on any atom is -0.444 e. The summed E-state index contributed by atoms with van der Waals surface area (Å²) in [7, 11) is 0. The second kappa shape index (κ2) is 7.64. The number of carbonyl (C=O) groups excluding carboxylic acids is 1. The molecule has 0 aliphatic heterocycles. The third-order valence-corrected chi connectivity index (χ3v) is 4.38. The summed E-state index contributed by atoms with van der Waals surface area (Å²) in [6, 6.07) is 0. The van der Waals surface area contributed by atoms with Crippen molar-refractivity contribution in [2.75, 3.05) is 18.5 Å². The van der Waals surface area contributed by atoms with Crippen LogP contribution in [0.15, 0.2) is 0 Å². The molecule has 1 fully saturated rings. The fourth-order valence-corrected chi connectivity index (χ4v) is 2.17. The van der Waals surface area contributed by atoms with Gasteiger partial charge in [0, 0.05) is 11.9 Å². The number of hydrogen-bond donors (Lipinski definition) is 1. The second-order valence-electron chi connectivity index (χ2n) is 6.87. The largest absolute Gasteiger partial charge is 0.444 e. The molecule has 1 saturated carbocycles. The molecule has 4 nitrogen and oxygen atoms in total. The van der Waals surface area contributed by atoms with Gasteiger partial charge in [0.25, 0.3) is 0 Å². The predicted molar refractivity (Wildman–Crippen MR) is 84.3 cm³/mol. The lowest BCUT2D eigenvalue weighted by molar-refractivity contribution is -0.0168.